The molecule has 4 aromatic rings. The molecule has 0 fully saturated rings. The second kappa shape index (κ2) is 11.1. The third-order valence-corrected chi connectivity index (χ3v) is 6.95. The van der Waals surface area contributed by atoms with Crippen LogP contribution in [0.15, 0.2) is 54.9 Å². The average Bonchev–Trinajstić information content (AvgIpc) is 3.59. The van der Waals surface area contributed by atoms with Crippen LogP contribution < -0.4 is 5.32 Å². The first-order chi connectivity index (χ1) is 19.3. The van der Waals surface area contributed by atoms with Crippen LogP contribution in [0.1, 0.15) is 45.8 Å². The molecule has 2 aromatic carbocycles. The first kappa shape index (κ1) is 26.8. The zero-order valence-corrected chi connectivity index (χ0v) is 22.4. The van der Waals surface area contributed by atoms with Crippen molar-refractivity contribution in [3.8, 4) is 5.69 Å². The third kappa shape index (κ3) is 5.21. The number of amides is 2. The molecule has 2 amide bonds. The number of tetrazole rings is 1. The molecule has 12 nitrogen and oxygen atoms in total. The van der Waals surface area contributed by atoms with Crippen LogP contribution in [0.2, 0.25) is 5.02 Å². The van der Waals surface area contributed by atoms with E-state index < -0.39 is 17.9 Å². The number of aromatic nitrogens is 6. The minimum absolute atomic E-state index is 0.0995. The maximum Gasteiger partial charge on any atom is 0.335 e. The third-order valence-electron chi connectivity index (χ3n) is 6.71. The van der Waals surface area contributed by atoms with E-state index in [0.717, 1.165) is 11.4 Å². The van der Waals surface area contributed by atoms with Gasteiger partial charge >= 0.3 is 5.97 Å². The molecule has 5 rings (SSSR count). The summed E-state index contributed by atoms with van der Waals surface area (Å²) in [5.74, 6) is -1.87. The van der Waals surface area contributed by atoms with Crippen molar-refractivity contribution in [1.29, 1.82) is 0 Å². The fourth-order valence-corrected chi connectivity index (χ4v) is 5.01. The lowest BCUT2D eigenvalue weighted by atomic mass is 9.94. The van der Waals surface area contributed by atoms with E-state index >= 15 is 0 Å². The van der Waals surface area contributed by atoms with Gasteiger partial charge in [0, 0.05) is 53.6 Å². The molecule has 2 N–H and O–H groups in total. The Kier molecular flexibility index (Phi) is 7.43. The molecule has 0 spiro atoms. The lowest BCUT2D eigenvalue weighted by Crippen LogP contribution is -2.45. The van der Waals surface area contributed by atoms with Gasteiger partial charge in [0.15, 0.2) is 0 Å². The van der Waals surface area contributed by atoms with Crippen molar-refractivity contribution in [3.05, 3.63) is 88.0 Å². The van der Waals surface area contributed by atoms with Gasteiger partial charge in [0.05, 0.1) is 16.9 Å². The Labute approximate surface area is 233 Å². The highest BCUT2D eigenvalue weighted by atomic mass is 35.5. The standard InChI is InChI=1S/C27H25ClN8O4/c1-3-20-24-22(34(2)31-20)12-13-35(25(24)26(38)30-19-8-4-16(5-9-19)27(39)40)23(37)11-6-17-14-18(28)7-10-21(17)36-15-29-32-33-36/h4-11,14-15,25H,3,12-13H2,1-2H3,(H,30,38)(H,39,40). The number of anilines is 1. The average molecular weight is 561 g/mol. The molecule has 1 atom stereocenters. The van der Waals surface area contributed by atoms with E-state index in [0.29, 0.717) is 46.9 Å². The molecule has 1 aliphatic heterocycles. The lowest BCUT2D eigenvalue weighted by molar-refractivity contribution is -0.135. The van der Waals surface area contributed by atoms with E-state index in [1.54, 1.807) is 29.0 Å². The van der Waals surface area contributed by atoms with E-state index in [9.17, 15) is 19.5 Å². The highest BCUT2D eigenvalue weighted by molar-refractivity contribution is 6.30. The van der Waals surface area contributed by atoms with Crippen LogP contribution in [0.4, 0.5) is 5.69 Å². The van der Waals surface area contributed by atoms with Crippen molar-refractivity contribution in [1.82, 2.24) is 34.9 Å². The molecule has 40 heavy (non-hydrogen) atoms. The maximum atomic E-state index is 13.7. The van der Waals surface area contributed by atoms with E-state index in [2.05, 4.69) is 25.9 Å². The Hall–Kier alpha value is -4.84. The summed E-state index contributed by atoms with van der Waals surface area (Å²) in [5, 5.41) is 28.3. The van der Waals surface area contributed by atoms with Crippen LogP contribution >= 0.6 is 11.6 Å². The van der Waals surface area contributed by atoms with Crippen molar-refractivity contribution in [2.24, 2.45) is 7.05 Å². The Morgan fingerprint density at radius 1 is 1.18 bits per heavy atom. The second-order valence-corrected chi connectivity index (χ2v) is 9.57. The predicted molar refractivity (Wildman–Crippen MR) is 146 cm³/mol. The van der Waals surface area contributed by atoms with Gasteiger partial charge in [0.1, 0.15) is 12.4 Å². The fourth-order valence-electron chi connectivity index (χ4n) is 4.83. The Bertz CT molecular complexity index is 1610. The maximum absolute atomic E-state index is 13.7. The number of carbonyl (C=O) groups excluding carboxylic acids is 2. The highest BCUT2D eigenvalue weighted by Crippen LogP contribution is 2.34. The quantitative estimate of drug-likeness (QED) is 0.328. The number of carboxylic acids is 1. The Balaban J connectivity index is 1.48. The van der Waals surface area contributed by atoms with Crippen molar-refractivity contribution in [3.63, 3.8) is 0 Å². The summed E-state index contributed by atoms with van der Waals surface area (Å²) in [4.78, 5) is 40.1. The number of aryl methyl sites for hydroxylation is 2. The summed E-state index contributed by atoms with van der Waals surface area (Å²) < 4.78 is 3.22. The number of hydrogen-bond donors (Lipinski definition) is 2. The number of rotatable bonds is 7. The summed E-state index contributed by atoms with van der Waals surface area (Å²) in [6, 6.07) is 10.0. The van der Waals surface area contributed by atoms with Crippen LogP contribution in [-0.4, -0.2) is 64.3 Å². The highest BCUT2D eigenvalue weighted by Gasteiger charge is 2.39. The molecule has 0 saturated heterocycles. The van der Waals surface area contributed by atoms with E-state index in [-0.39, 0.29) is 11.5 Å². The van der Waals surface area contributed by atoms with Gasteiger partial charge in [-0.05, 0) is 65.4 Å². The SMILES string of the molecule is CCc1nn(C)c2c1C(C(=O)Nc1ccc(C(=O)O)cc1)N(C(=O)C=Cc1cc(Cl)ccc1-n1cnnn1)CC2. The zero-order chi connectivity index (χ0) is 28.4. The van der Waals surface area contributed by atoms with Gasteiger partial charge in [-0.1, -0.05) is 18.5 Å². The predicted octanol–water partition coefficient (Wildman–Crippen LogP) is 3.09. The van der Waals surface area contributed by atoms with Crippen molar-refractivity contribution in [2.75, 3.05) is 11.9 Å². The van der Waals surface area contributed by atoms with Gasteiger partial charge in [-0.2, -0.15) is 9.78 Å². The number of benzene rings is 2. The topological polar surface area (TPSA) is 148 Å². The van der Waals surface area contributed by atoms with E-state index in [1.807, 2.05) is 14.0 Å². The summed E-state index contributed by atoms with van der Waals surface area (Å²) in [6.07, 6.45) is 5.56. The minimum atomic E-state index is -1.07. The second-order valence-electron chi connectivity index (χ2n) is 9.13. The molecule has 204 valence electrons. The molecule has 1 unspecified atom stereocenters. The number of nitrogens with one attached hydrogen (secondary N) is 1. The number of carbonyl (C=O) groups is 3. The summed E-state index contributed by atoms with van der Waals surface area (Å²) in [5.41, 5.74) is 4.08. The fraction of sp³-hybridized carbons (Fsp3) is 0.222. The lowest BCUT2D eigenvalue weighted by Gasteiger charge is -2.34. The van der Waals surface area contributed by atoms with Crippen molar-refractivity contribution in [2.45, 2.75) is 25.8 Å². The van der Waals surface area contributed by atoms with Crippen LogP contribution in [0.5, 0.6) is 0 Å². The van der Waals surface area contributed by atoms with Gasteiger partial charge in [-0.15, -0.1) is 5.10 Å². The number of hydrogen-bond acceptors (Lipinski definition) is 7. The van der Waals surface area contributed by atoms with Gasteiger partial charge in [-0.3, -0.25) is 14.3 Å². The number of nitrogens with zero attached hydrogens (tertiary/aromatic N) is 7. The van der Waals surface area contributed by atoms with Crippen molar-refractivity contribution >= 4 is 41.1 Å². The summed E-state index contributed by atoms with van der Waals surface area (Å²) in [6.45, 7) is 2.24. The molecule has 0 saturated carbocycles. The van der Waals surface area contributed by atoms with E-state index in [1.165, 1.54) is 46.3 Å². The first-order valence-electron chi connectivity index (χ1n) is 12.5. The normalized spacial score (nSPS) is 14.8. The zero-order valence-electron chi connectivity index (χ0n) is 21.7. The molecule has 0 aliphatic carbocycles. The van der Waals surface area contributed by atoms with Crippen LogP contribution in [0.25, 0.3) is 11.8 Å². The first-order valence-corrected chi connectivity index (χ1v) is 12.8. The number of carboxylic acid groups (broad SMARTS) is 1. The molecule has 13 heteroatoms. The molecule has 0 radical (unpaired) electrons. The smallest absolute Gasteiger partial charge is 0.335 e. The van der Waals surface area contributed by atoms with E-state index in [4.69, 9.17) is 11.6 Å². The number of halogens is 1. The molecule has 0 bridgehead atoms. The Morgan fingerprint density at radius 2 is 1.95 bits per heavy atom. The van der Waals surface area contributed by atoms with Gasteiger partial charge in [0.2, 0.25) is 5.91 Å². The molecule has 3 heterocycles. The van der Waals surface area contributed by atoms with Crippen molar-refractivity contribution < 1.29 is 19.5 Å². The number of aromatic carboxylic acids is 1. The minimum Gasteiger partial charge on any atom is -0.478 e. The van der Waals surface area contributed by atoms with Gasteiger partial charge in [0.25, 0.3) is 5.91 Å². The van der Waals surface area contributed by atoms with Crippen LogP contribution in [0, 0.1) is 0 Å². The van der Waals surface area contributed by atoms with Crippen LogP contribution in [0.3, 0.4) is 0 Å². The van der Waals surface area contributed by atoms with Gasteiger partial charge in [-0.25, -0.2) is 4.79 Å². The molecular formula is C27H25ClN8O4. The monoisotopic (exact) mass is 560 g/mol. The summed E-state index contributed by atoms with van der Waals surface area (Å²) in [7, 11) is 1.83. The largest absolute Gasteiger partial charge is 0.478 e. The van der Waals surface area contributed by atoms with Gasteiger partial charge < -0.3 is 15.3 Å². The molecular weight excluding hydrogens is 536 g/mol. The Morgan fingerprint density at radius 3 is 2.62 bits per heavy atom. The summed E-state index contributed by atoms with van der Waals surface area (Å²) >= 11 is 6.22. The molecule has 2 aromatic heterocycles. The van der Waals surface area contributed by atoms with Crippen LogP contribution in [-0.2, 0) is 29.5 Å². The number of fused-ring (bicyclic) bond motifs is 1. The molecule has 1 aliphatic rings.